The molecule has 0 fully saturated rings. The lowest BCUT2D eigenvalue weighted by atomic mass is 10.2. The Bertz CT molecular complexity index is 488. The summed E-state index contributed by atoms with van der Waals surface area (Å²) in [4.78, 5) is 49.8. The molecule has 0 rings (SSSR count). The quantitative estimate of drug-likeness (QED) is 0.696. The molecular weight excluding hydrogens is 344 g/mol. The fraction of sp³-hybridized carbons (Fsp3) is 0.750. The van der Waals surface area contributed by atoms with E-state index in [0.717, 1.165) is 0 Å². The highest BCUT2D eigenvalue weighted by molar-refractivity contribution is 6.01. The highest BCUT2D eigenvalue weighted by Crippen LogP contribution is 2.17. The van der Waals surface area contributed by atoms with E-state index in [4.69, 9.17) is 20.9 Å². The van der Waals surface area contributed by atoms with Crippen LogP contribution in [0.4, 0.5) is 9.59 Å². The Morgan fingerprint density at radius 1 is 0.692 bits per heavy atom. The molecule has 0 aromatic heterocycles. The zero-order valence-electron chi connectivity index (χ0n) is 16.3. The number of rotatable bonds is 4. The molecule has 4 amide bonds. The van der Waals surface area contributed by atoms with E-state index in [1.165, 1.54) is 0 Å². The summed E-state index contributed by atoms with van der Waals surface area (Å²) in [5.74, 6) is -1.75. The van der Waals surface area contributed by atoms with Crippen molar-refractivity contribution in [2.45, 2.75) is 65.6 Å². The molecule has 0 aromatic rings. The molecule has 150 valence electrons. The maximum absolute atomic E-state index is 12.5. The first-order valence-corrected chi connectivity index (χ1v) is 8.25. The van der Waals surface area contributed by atoms with Crippen molar-refractivity contribution in [2.75, 3.05) is 13.1 Å². The standard InChI is InChI=1S/C16H30N4O6/c1-15(2,3)25-13(23)19(11(21)7-9-17)20(12(22)8-10-18)14(24)26-16(4,5)6/h7-10,17-18H2,1-6H3. The summed E-state index contributed by atoms with van der Waals surface area (Å²) < 4.78 is 10.3. The van der Waals surface area contributed by atoms with Crippen molar-refractivity contribution < 1.29 is 28.7 Å². The average molecular weight is 374 g/mol. The predicted molar refractivity (Wildman–Crippen MR) is 93.5 cm³/mol. The molecule has 0 unspecified atom stereocenters. The van der Waals surface area contributed by atoms with E-state index in [1.807, 2.05) is 0 Å². The lowest BCUT2D eigenvalue weighted by Gasteiger charge is -2.33. The first kappa shape index (κ1) is 23.8. The molecule has 0 bridgehead atoms. The Kier molecular flexibility index (Phi) is 8.68. The summed E-state index contributed by atoms with van der Waals surface area (Å²) in [6, 6.07) is 0. The van der Waals surface area contributed by atoms with E-state index >= 15 is 0 Å². The van der Waals surface area contributed by atoms with Crippen LogP contribution in [0.5, 0.6) is 0 Å². The minimum absolute atomic E-state index is 0.0919. The molecule has 0 heterocycles. The van der Waals surface area contributed by atoms with Crippen LogP contribution in [0.1, 0.15) is 54.4 Å². The molecule has 0 atom stereocenters. The van der Waals surface area contributed by atoms with Crippen LogP contribution in [-0.4, -0.2) is 58.3 Å². The molecule has 4 N–H and O–H groups in total. The van der Waals surface area contributed by atoms with E-state index in [9.17, 15) is 19.2 Å². The van der Waals surface area contributed by atoms with Gasteiger partial charge in [-0.25, -0.2) is 9.59 Å². The Morgan fingerprint density at radius 3 is 1.15 bits per heavy atom. The molecular formula is C16H30N4O6. The zero-order valence-corrected chi connectivity index (χ0v) is 16.3. The van der Waals surface area contributed by atoms with Crippen molar-refractivity contribution in [1.29, 1.82) is 0 Å². The lowest BCUT2D eigenvalue weighted by molar-refractivity contribution is -0.159. The maximum atomic E-state index is 12.5. The summed E-state index contributed by atoms with van der Waals surface area (Å²) >= 11 is 0. The van der Waals surface area contributed by atoms with Gasteiger partial charge in [0.1, 0.15) is 11.2 Å². The second kappa shape index (κ2) is 9.48. The molecule has 10 nitrogen and oxygen atoms in total. The number of amides is 4. The van der Waals surface area contributed by atoms with E-state index in [0.29, 0.717) is 10.0 Å². The number of hydrazine groups is 1. The van der Waals surface area contributed by atoms with Gasteiger partial charge in [0.25, 0.3) is 11.8 Å². The second-order valence-corrected chi connectivity index (χ2v) is 7.45. The van der Waals surface area contributed by atoms with E-state index < -0.39 is 35.2 Å². The summed E-state index contributed by atoms with van der Waals surface area (Å²) in [6.45, 7) is 9.29. The minimum Gasteiger partial charge on any atom is -0.442 e. The van der Waals surface area contributed by atoms with Crippen LogP contribution in [0, 0.1) is 0 Å². The fourth-order valence-corrected chi connectivity index (χ4v) is 1.66. The third kappa shape index (κ3) is 8.26. The van der Waals surface area contributed by atoms with Gasteiger partial charge in [0, 0.05) is 25.9 Å². The molecule has 0 aliphatic carbocycles. The topological polar surface area (TPSA) is 145 Å². The Hall–Kier alpha value is -2.20. The van der Waals surface area contributed by atoms with Gasteiger partial charge in [-0.15, -0.1) is 10.0 Å². The molecule has 0 spiro atoms. The normalized spacial score (nSPS) is 11.5. The van der Waals surface area contributed by atoms with Crippen molar-refractivity contribution in [3.05, 3.63) is 0 Å². The van der Waals surface area contributed by atoms with Gasteiger partial charge < -0.3 is 20.9 Å². The first-order valence-electron chi connectivity index (χ1n) is 8.25. The zero-order chi connectivity index (χ0) is 20.7. The van der Waals surface area contributed by atoms with E-state index in [2.05, 4.69) is 0 Å². The molecule has 26 heavy (non-hydrogen) atoms. The number of imide groups is 2. The van der Waals surface area contributed by atoms with Crippen LogP contribution in [0.2, 0.25) is 0 Å². The summed E-state index contributed by atoms with van der Waals surface area (Å²) in [7, 11) is 0. The summed E-state index contributed by atoms with van der Waals surface area (Å²) in [5, 5.41) is 0.647. The van der Waals surface area contributed by atoms with Crippen molar-refractivity contribution in [1.82, 2.24) is 10.0 Å². The Morgan fingerprint density at radius 2 is 0.962 bits per heavy atom. The molecule has 0 saturated carbocycles. The van der Waals surface area contributed by atoms with Gasteiger partial charge in [0.15, 0.2) is 0 Å². The first-order chi connectivity index (χ1) is 11.7. The smallest absolute Gasteiger partial charge is 0.437 e. The molecule has 0 aliphatic rings. The number of nitrogens with zero attached hydrogens (tertiary/aromatic N) is 2. The van der Waals surface area contributed by atoms with E-state index in [1.54, 1.807) is 41.5 Å². The monoisotopic (exact) mass is 374 g/mol. The van der Waals surface area contributed by atoms with Gasteiger partial charge in [0.2, 0.25) is 0 Å². The van der Waals surface area contributed by atoms with E-state index in [-0.39, 0.29) is 25.9 Å². The predicted octanol–water partition coefficient (Wildman–Crippen LogP) is 1.13. The van der Waals surface area contributed by atoms with Crippen LogP contribution in [-0.2, 0) is 19.1 Å². The van der Waals surface area contributed by atoms with Crippen molar-refractivity contribution in [3.63, 3.8) is 0 Å². The molecule has 0 saturated heterocycles. The van der Waals surface area contributed by atoms with Gasteiger partial charge in [-0.2, -0.15) is 0 Å². The van der Waals surface area contributed by atoms with Crippen LogP contribution in [0.15, 0.2) is 0 Å². The van der Waals surface area contributed by atoms with Crippen LogP contribution >= 0.6 is 0 Å². The number of hydrogen-bond donors (Lipinski definition) is 2. The number of ether oxygens (including phenoxy) is 2. The Balaban J connectivity index is 5.98. The van der Waals surface area contributed by atoms with Gasteiger partial charge in [0.05, 0.1) is 0 Å². The fourth-order valence-electron chi connectivity index (χ4n) is 1.66. The van der Waals surface area contributed by atoms with Crippen LogP contribution in [0.3, 0.4) is 0 Å². The van der Waals surface area contributed by atoms with Crippen molar-refractivity contribution >= 4 is 24.0 Å². The highest BCUT2D eigenvalue weighted by atomic mass is 16.6. The molecule has 0 radical (unpaired) electrons. The summed E-state index contributed by atoms with van der Waals surface area (Å²) in [6.07, 6.45) is -2.94. The third-order valence-electron chi connectivity index (χ3n) is 2.52. The lowest BCUT2D eigenvalue weighted by Crippen LogP contribution is -2.58. The van der Waals surface area contributed by atoms with Crippen molar-refractivity contribution in [3.8, 4) is 0 Å². The largest absolute Gasteiger partial charge is 0.442 e. The SMILES string of the molecule is CC(C)(C)OC(=O)N(C(=O)CCN)N(C(=O)CCN)C(=O)OC(C)(C)C. The molecule has 10 heteroatoms. The summed E-state index contributed by atoms with van der Waals surface area (Å²) in [5.41, 5.74) is 8.81. The van der Waals surface area contributed by atoms with Crippen LogP contribution < -0.4 is 11.5 Å². The van der Waals surface area contributed by atoms with Gasteiger partial charge in [-0.05, 0) is 41.5 Å². The molecule has 0 aliphatic heterocycles. The van der Waals surface area contributed by atoms with Gasteiger partial charge >= 0.3 is 12.2 Å². The number of hydrogen-bond acceptors (Lipinski definition) is 8. The third-order valence-corrected chi connectivity index (χ3v) is 2.52. The van der Waals surface area contributed by atoms with Crippen molar-refractivity contribution in [2.24, 2.45) is 11.5 Å². The Labute approximate surface area is 153 Å². The molecule has 0 aromatic carbocycles. The minimum atomic E-state index is -1.19. The average Bonchev–Trinajstić information content (AvgIpc) is 2.40. The van der Waals surface area contributed by atoms with Gasteiger partial charge in [-0.3, -0.25) is 9.59 Å². The number of carbonyl (C=O) groups is 4. The van der Waals surface area contributed by atoms with Crippen LogP contribution in [0.25, 0.3) is 0 Å². The number of carbonyl (C=O) groups excluding carboxylic acids is 4. The highest BCUT2D eigenvalue weighted by Gasteiger charge is 2.40. The second-order valence-electron chi connectivity index (χ2n) is 7.45. The maximum Gasteiger partial charge on any atom is 0.437 e. The van der Waals surface area contributed by atoms with Gasteiger partial charge in [-0.1, -0.05) is 0 Å². The number of nitrogens with two attached hydrogens (primary N) is 2.